The Bertz CT molecular complexity index is 668. The predicted molar refractivity (Wildman–Crippen MR) is 73.5 cm³/mol. The fourth-order valence-electron chi connectivity index (χ4n) is 2.00. The summed E-state index contributed by atoms with van der Waals surface area (Å²) in [6.07, 6.45) is 0. The molecule has 0 aliphatic rings. The molecule has 0 N–H and O–H groups in total. The van der Waals surface area contributed by atoms with Crippen molar-refractivity contribution in [2.45, 2.75) is 19.8 Å². The molecular formula is C16H15NO. The molecule has 0 radical (unpaired) electrons. The molecule has 2 heteroatoms. The van der Waals surface area contributed by atoms with Crippen LogP contribution in [0.25, 0.3) is 22.6 Å². The molecule has 0 amide bonds. The number of hydrogen-bond acceptors (Lipinski definition) is 2. The highest BCUT2D eigenvalue weighted by Crippen LogP contribution is 2.26. The van der Waals surface area contributed by atoms with E-state index in [1.54, 1.807) is 0 Å². The molecule has 1 heterocycles. The second-order valence-electron chi connectivity index (χ2n) is 4.77. The van der Waals surface area contributed by atoms with Gasteiger partial charge in [-0.05, 0) is 35.7 Å². The van der Waals surface area contributed by atoms with Gasteiger partial charge in [-0.2, -0.15) is 0 Å². The zero-order chi connectivity index (χ0) is 12.5. The average Bonchev–Trinajstić information content (AvgIpc) is 2.82. The maximum absolute atomic E-state index is 5.83. The van der Waals surface area contributed by atoms with Crippen LogP contribution in [0, 0.1) is 0 Å². The third kappa shape index (κ3) is 1.90. The number of nitrogens with zero attached hydrogens (tertiary/aromatic N) is 1. The highest BCUT2D eigenvalue weighted by atomic mass is 16.3. The van der Waals surface area contributed by atoms with Crippen molar-refractivity contribution in [2.75, 3.05) is 0 Å². The summed E-state index contributed by atoms with van der Waals surface area (Å²) in [5.74, 6) is 1.19. The molecule has 90 valence electrons. The fourth-order valence-corrected chi connectivity index (χ4v) is 2.00. The highest BCUT2D eigenvalue weighted by molar-refractivity contribution is 5.77. The third-order valence-corrected chi connectivity index (χ3v) is 3.10. The molecule has 0 spiro atoms. The summed E-state index contributed by atoms with van der Waals surface area (Å²) in [7, 11) is 0. The van der Waals surface area contributed by atoms with Gasteiger partial charge in [-0.25, -0.2) is 4.98 Å². The Kier molecular flexibility index (Phi) is 2.63. The molecule has 0 fully saturated rings. The summed E-state index contributed by atoms with van der Waals surface area (Å²) < 4.78 is 5.83. The Morgan fingerprint density at radius 2 is 1.78 bits per heavy atom. The van der Waals surface area contributed by atoms with Gasteiger partial charge in [0, 0.05) is 5.56 Å². The molecule has 0 atom stereocenters. The first-order chi connectivity index (χ1) is 8.74. The number of hydrogen-bond donors (Lipinski definition) is 0. The van der Waals surface area contributed by atoms with Crippen LogP contribution in [-0.2, 0) is 0 Å². The fraction of sp³-hybridized carbons (Fsp3) is 0.188. The second kappa shape index (κ2) is 4.30. The van der Waals surface area contributed by atoms with Crippen LogP contribution in [-0.4, -0.2) is 4.98 Å². The van der Waals surface area contributed by atoms with E-state index < -0.39 is 0 Å². The van der Waals surface area contributed by atoms with Crippen molar-refractivity contribution >= 4 is 11.1 Å². The van der Waals surface area contributed by atoms with Crippen molar-refractivity contribution in [3.63, 3.8) is 0 Å². The van der Waals surface area contributed by atoms with Crippen molar-refractivity contribution in [3.05, 3.63) is 54.1 Å². The summed E-state index contributed by atoms with van der Waals surface area (Å²) in [5, 5.41) is 0. The lowest BCUT2D eigenvalue weighted by molar-refractivity contribution is 0.619. The van der Waals surface area contributed by atoms with Crippen molar-refractivity contribution in [1.82, 2.24) is 4.98 Å². The topological polar surface area (TPSA) is 26.0 Å². The standard InChI is InChI=1S/C16H15NO/c1-11(2)13-8-9-14-15(10-13)18-16(17-14)12-6-4-3-5-7-12/h3-11H,1-2H3. The second-order valence-corrected chi connectivity index (χ2v) is 4.77. The van der Waals surface area contributed by atoms with Crippen LogP contribution in [0.2, 0.25) is 0 Å². The van der Waals surface area contributed by atoms with E-state index in [0.717, 1.165) is 16.7 Å². The summed E-state index contributed by atoms with van der Waals surface area (Å²) in [4.78, 5) is 4.52. The Morgan fingerprint density at radius 1 is 1.00 bits per heavy atom. The minimum absolute atomic E-state index is 0.500. The van der Waals surface area contributed by atoms with Gasteiger partial charge in [0.15, 0.2) is 5.58 Å². The summed E-state index contributed by atoms with van der Waals surface area (Å²) in [6.45, 7) is 4.35. The number of benzene rings is 2. The zero-order valence-corrected chi connectivity index (χ0v) is 10.6. The van der Waals surface area contributed by atoms with Crippen LogP contribution in [0.15, 0.2) is 52.9 Å². The van der Waals surface area contributed by atoms with Crippen LogP contribution in [0.4, 0.5) is 0 Å². The quantitative estimate of drug-likeness (QED) is 0.650. The van der Waals surface area contributed by atoms with E-state index in [-0.39, 0.29) is 0 Å². The molecular weight excluding hydrogens is 222 g/mol. The molecule has 0 bridgehead atoms. The lowest BCUT2D eigenvalue weighted by Gasteiger charge is -2.02. The Hall–Kier alpha value is -2.09. The first-order valence-electron chi connectivity index (χ1n) is 6.20. The smallest absolute Gasteiger partial charge is 0.227 e. The van der Waals surface area contributed by atoms with Crippen LogP contribution in [0.3, 0.4) is 0 Å². The minimum atomic E-state index is 0.500. The maximum Gasteiger partial charge on any atom is 0.227 e. The normalized spacial score (nSPS) is 11.3. The maximum atomic E-state index is 5.83. The van der Waals surface area contributed by atoms with Gasteiger partial charge >= 0.3 is 0 Å². The number of aromatic nitrogens is 1. The van der Waals surface area contributed by atoms with Crippen molar-refractivity contribution in [2.24, 2.45) is 0 Å². The van der Waals surface area contributed by atoms with Crippen LogP contribution in [0.1, 0.15) is 25.3 Å². The molecule has 3 aromatic rings. The number of fused-ring (bicyclic) bond motifs is 1. The molecule has 0 aliphatic carbocycles. The molecule has 2 nitrogen and oxygen atoms in total. The summed E-state index contributed by atoms with van der Waals surface area (Å²) in [5.41, 5.74) is 4.07. The SMILES string of the molecule is CC(C)c1ccc2nc(-c3ccccc3)oc2c1. The van der Waals surface area contributed by atoms with Gasteiger partial charge in [0.25, 0.3) is 0 Å². The van der Waals surface area contributed by atoms with Crippen molar-refractivity contribution < 1.29 is 4.42 Å². The largest absolute Gasteiger partial charge is 0.436 e. The molecule has 18 heavy (non-hydrogen) atoms. The van der Waals surface area contributed by atoms with E-state index >= 15 is 0 Å². The van der Waals surface area contributed by atoms with Gasteiger partial charge in [-0.1, -0.05) is 38.1 Å². The molecule has 0 unspecified atom stereocenters. The molecule has 0 saturated heterocycles. The molecule has 0 saturated carbocycles. The molecule has 2 aromatic carbocycles. The van der Waals surface area contributed by atoms with E-state index in [2.05, 4.69) is 31.0 Å². The van der Waals surface area contributed by atoms with E-state index in [4.69, 9.17) is 4.42 Å². The highest BCUT2D eigenvalue weighted by Gasteiger charge is 2.09. The van der Waals surface area contributed by atoms with Gasteiger partial charge in [-0.3, -0.25) is 0 Å². The van der Waals surface area contributed by atoms with Gasteiger partial charge in [-0.15, -0.1) is 0 Å². The van der Waals surface area contributed by atoms with Crippen molar-refractivity contribution in [1.29, 1.82) is 0 Å². The predicted octanol–water partition coefficient (Wildman–Crippen LogP) is 4.62. The summed E-state index contributed by atoms with van der Waals surface area (Å²) >= 11 is 0. The van der Waals surface area contributed by atoms with Crippen LogP contribution < -0.4 is 0 Å². The van der Waals surface area contributed by atoms with E-state index in [1.165, 1.54) is 5.56 Å². The average molecular weight is 237 g/mol. The Morgan fingerprint density at radius 3 is 2.50 bits per heavy atom. The number of oxazole rings is 1. The molecule has 3 rings (SSSR count). The number of rotatable bonds is 2. The minimum Gasteiger partial charge on any atom is -0.436 e. The van der Waals surface area contributed by atoms with Crippen LogP contribution >= 0.6 is 0 Å². The van der Waals surface area contributed by atoms with Gasteiger partial charge in [0.2, 0.25) is 5.89 Å². The summed E-state index contributed by atoms with van der Waals surface area (Å²) in [6, 6.07) is 16.2. The van der Waals surface area contributed by atoms with E-state index in [9.17, 15) is 0 Å². The molecule has 1 aromatic heterocycles. The van der Waals surface area contributed by atoms with Gasteiger partial charge < -0.3 is 4.42 Å². The Balaban J connectivity index is 2.11. The van der Waals surface area contributed by atoms with E-state index in [1.807, 2.05) is 36.4 Å². The van der Waals surface area contributed by atoms with Gasteiger partial charge in [0.05, 0.1) is 0 Å². The third-order valence-electron chi connectivity index (χ3n) is 3.10. The van der Waals surface area contributed by atoms with Crippen molar-refractivity contribution in [3.8, 4) is 11.5 Å². The van der Waals surface area contributed by atoms with Crippen LogP contribution in [0.5, 0.6) is 0 Å². The van der Waals surface area contributed by atoms with E-state index in [0.29, 0.717) is 11.8 Å². The molecule has 0 aliphatic heterocycles. The monoisotopic (exact) mass is 237 g/mol. The van der Waals surface area contributed by atoms with Gasteiger partial charge in [0.1, 0.15) is 5.52 Å². The zero-order valence-electron chi connectivity index (χ0n) is 10.6. The Labute approximate surface area is 106 Å². The lowest BCUT2D eigenvalue weighted by atomic mass is 10.0. The first-order valence-corrected chi connectivity index (χ1v) is 6.20. The lowest BCUT2D eigenvalue weighted by Crippen LogP contribution is -1.85. The first kappa shape index (κ1) is 11.0.